The largest absolute Gasteiger partial charge is 0.333 e. The fourth-order valence-corrected chi connectivity index (χ4v) is 1.95. The van der Waals surface area contributed by atoms with Crippen LogP contribution in [0.15, 0.2) is 12.5 Å². The Hall–Kier alpha value is -0.830. The Labute approximate surface area is 85.3 Å². The smallest absolute Gasteiger partial charge is 0.0948 e. The molecule has 1 atom stereocenters. The third-order valence-corrected chi connectivity index (χ3v) is 3.24. The number of aromatic nitrogens is 2. The van der Waals surface area contributed by atoms with Crippen molar-refractivity contribution in [2.45, 2.75) is 45.2 Å². The Morgan fingerprint density at radius 2 is 2.43 bits per heavy atom. The summed E-state index contributed by atoms with van der Waals surface area (Å²) in [5.74, 6) is 0.868. The number of imidazole rings is 1. The van der Waals surface area contributed by atoms with Gasteiger partial charge < -0.3 is 10.3 Å². The molecule has 0 unspecified atom stereocenters. The number of nitrogens with zero attached hydrogens (tertiary/aromatic N) is 2. The van der Waals surface area contributed by atoms with Gasteiger partial charge in [-0.05, 0) is 25.2 Å². The molecule has 1 fully saturated rings. The van der Waals surface area contributed by atoms with Gasteiger partial charge in [0.05, 0.1) is 12.0 Å². The highest BCUT2D eigenvalue weighted by molar-refractivity contribution is 5.04. The van der Waals surface area contributed by atoms with Crippen molar-refractivity contribution in [3.63, 3.8) is 0 Å². The van der Waals surface area contributed by atoms with Crippen molar-refractivity contribution < 1.29 is 0 Å². The summed E-state index contributed by atoms with van der Waals surface area (Å²) in [6.07, 6.45) is 8.96. The van der Waals surface area contributed by atoms with Crippen LogP contribution < -0.4 is 5.73 Å². The molecule has 0 amide bonds. The maximum atomic E-state index is 6.01. The highest BCUT2D eigenvalue weighted by Crippen LogP contribution is 2.28. The first-order valence-corrected chi connectivity index (χ1v) is 5.57. The van der Waals surface area contributed by atoms with Crippen molar-refractivity contribution in [2.75, 3.05) is 0 Å². The van der Waals surface area contributed by atoms with Crippen LogP contribution in [0, 0.1) is 5.92 Å². The van der Waals surface area contributed by atoms with Gasteiger partial charge >= 0.3 is 0 Å². The molecule has 2 N–H and O–H groups in total. The molecule has 14 heavy (non-hydrogen) atoms. The second-order valence-corrected chi connectivity index (χ2v) is 4.28. The molecule has 0 aromatic carbocycles. The lowest BCUT2D eigenvalue weighted by molar-refractivity contribution is 0.272. The summed E-state index contributed by atoms with van der Waals surface area (Å²) < 4.78 is 2.23. The summed E-state index contributed by atoms with van der Waals surface area (Å²) in [5.41, 5.74) is 7.21. The predicted molar refractivity (Wildman–Crippen MR) is 56.8 cm³/mol. The van der Waals surface area contributed by atoms with Gasteiger partial charge in [0.15, 0.2) is 0 Å². The van der Waals surface area contributed by atoms with E-state index in [-0.39, 0.29) is 6.04 Å². The molecule has 3 nitrogen and oxygen atoms in total. The average molecular weight is 193 g/mol. The topological polar surface area (TPSA) is 43.8 Å². The first-order chi connectivity index (χ1) is 6.81. The van der Waals surface area contributed by atoms with Gasteiger partial charge in [-0.25, -0.2) is 4.98 Å². The van der Waals surface area contributed by atoms with Gasteiger partial charge in [-0.3, -0.25) is 0 Å². The van der Waals surface area contributed by atoms with Crippen LogP contribution in [0.3, 0.4) is 0 Å². The third kappa shape index (κ3) is 1.82. The maximum Gasteiger partial charge on any atom is 0.0948 e. The number of rotatable bonds is 4. The summed E-state index contributed by atoms with van der Waals surface area (Å²) in [7, 11) is 0. The highest BCUT2D eigenvalue weighted by Gasteiger charge is 2.19. The molecule has 0 bridgehead atoms. The quantitative estimate of drug-likeness (QED) is 0.795. The molecule has 1 aromatic rings. The standard InChI is InChI=1S/C11H19N3/c1-2-10(12)11-6-13-8-14(11)7-9-4-3-5-9/h6,8-10H,2-5,7,12H2,1H3/t10-/m1/s1. The molecule has 1 heterocycles. The van der Waals surface area contributed by atoms with Crippen LogP contribution in [0.25, 0.3) is 0 Å². The number of hydrogen-bond donors (Lipinski definition) is 1. The SMILES string of the molecule is CC[C@@H](N)c1cncn1CC1CCC1. The Bertz CT molecular complexity index is 288. The number of hydrogen-bond acceptors (Lipinski definition) is 2. The van der Waals surface area contributed by atoms with E-state index < -0.39 is 0 Å². The molecule has 0 aliphatic heterocycles. The van der Waals surface area contributed by atoms with Crippen molar-refractivity contribution in [1.82, 2.24) is 9.55 Å². The van der Waals surface area contributed by atoms with Crippen molar-refractivity contribution in [1.29, 1.82) is 0 Å². The fraction of sp³-hybridized carbons (Fsp3) is 0.727. The average Bonchev–Trinajstić information content (AvgIpc) is 2.58. The molecular formula is C11H19N3. The highest BCUT2D eigenvalue weighted by atomic mass is 15.1. The molecule has 1 saturated carbocycles. The van der Waals surface area contributed by atoms with Crippen LogP contribution in [-0.2, 0) is 6.54 Å². The fourth-order valence-electron chi connectivity index (χ4n) is 1.95. The van der Waals surface area contributed by atoms with Crippen LogP contribution in [0.5, 0.6) is 0 Å². The zero-order valence-electron chi connectivity index (χ0n) is 8.82. The zero-order chi connectivity index (χ0) is 9.97. The molecule has 1 aliphatic carbocycles. The minimum Gasteiger partial charge on any atom is -0.333 e. The normalized spacial score (nSPS) is 19.3. The molecular weight excluding hydrogens is 174 g/mol. The van der Waals surface area contributed by atoms with Crippen LogP contribution >= 0.6 is 0 Å². The van der Waals surface area contributed by atoms with Crippen molar-refractivity contribution in [3.05, 3.63) is 18.2 Å². The van der Waals surface area contributed by atoms with E-state index in [1.165, 1.54) is 25.0 Å². The van der Waals surface area contributed by atoms with Crippen LogP contribution in [0.1, 0.15) is 44.3 Å². The van der Waals surface area contributed by atoms with E-state index in [0.717, 1.165) is 18.9 Å². The summed E-state index contributed by atoms with van der Waals surface area (Å²) in [6.45, 7) is 3.23. The van der Waals surface area contributed by atoms with Gasteiger partial charge in [0.1, 0.15) is 0 Å². The second kappa shape index (κ2) is 4.13. The molecule has 0 spiro atoms. The lowest BCUT2D eigenvalue weighted by atomic mass is 9.85. The van der Waals surface area contributed by atoms with Gasteiger partial charge in [-0.15, -0.1) is 0 Å². The Morgan fingerprint density at radius 3 is 3.00 bits per heavy atom. The van der Waals surface area contributed by atoms with Crippen LogP contribution in [0.2, 0.25) is 0 Å². The Kier molecular flexibility index (Phi) is 2.87. The third-order valence-electron chi connectivity index (χ3n) is 3.24. The molecule has 3 heteroatoms. The maximum absolute atomic E-state index is 6.01. The Balaban J connectivity index is 2.04. The molecule has 0 saturated heterocycles. The lowest BCUT2D eigenvalue weighted by Crippen LogP contribution is -2.21. The number of nitrogens with two attached hydrogens (primary N) is 1. The summed E-state index contributed by atoms with van der Waals surface area (Å²) in [6, 6.07) is 0.151. The van der Waals surface area contributed by atoms with E-state index in [4.69, 9.17) is 5.73 Å². The minimum atomic E-state index is 0.151. The van der Waals surface area contributed by atoms with Crippen LogP contribution in [-0.4, -0.2) is 9.55 Å². The Morgan fingerprint density at radius 1 is 1.64 bits per heavy atom. The van der Waals surface area contributed by atoms with Crippen molar-refractivity contribution in [3.8, 4) is 0 Å². The minimum absolute atomic E-state index is 0.151. The summed E-state index contributed by atoms with van der Waals surface area (Å²) in [4.78, 5) is 4.19. The predicted octanol–water partition coefficient (Wildman–Crippen LogP) is 2.09. The van der Waals surface area contributed by atoms with Gasteiger partial charge in [0.2, 0.25) is 0 Å². The van der Waals surface area contributed by atoms with Gasteiger partial charge in [0, 0.05) is 18.8 Å². The molecule has 78 valence electrons. The summed E-state index contributed by atoms with van der Waals surface area (Å²) >= 11 is 0. The zero-order valence-corrected chi connectivity index (χ0v) is 8.82. The lowest BCUT2D eigenvalue weighted by Gasteiger charge is -2.27. The van der Waals surface area contributed by atoms with Crippen molar-refractivity contribution >= 4 is 0 Å². The first kappa shape index (κ1) is 9.71. The van der Waals surface area contributed by atoms with E-state index in [0.29, 0.717) is 0 Å². The van der Waals surface area contributed by atoms with E-state index in [1.807, 2.05) is 12.5 Å². The van der Waals surface area contributed by atoms with Crippen LogP contribution in [0.4, 0.5) is 0 Å². The van der Waals surface area contributed by atoms with E-state index >= 15 is 0 Å². The molecule has 1 aliphatic rings. The molecule has 2 rings (SSSR count). The van der Waals surface area contributed by atoms with E-state index in [1.54, 1.807) is 0 Å². The first-order valence-electron chi connectivity index (χ1n) is 5.57. The second-order valence-electron chi connectivity index (χ2n) is 4.28. The molecule has 0 radical (unpaired) electrons. The van der Waals surface area contributed by atoms with E-state index in [9.17, 15) is 0 Å². The van der Waals surface area contributed by atoms with Gasteiger partial charge in [-0.1, -0.05) is 13.3 Å². The molecule has 1 aromatic heterocycles. The van der Waals surface area contributed by atoms with Crippen molar-refractivity contribution in [2.24, 2.45) is 11.7 Å². The van der Waals surface area contributed by atoms with E-state index in [2.05, 4.69) is 16.5 Å². The van der Waals surface area contributed by atoms with Gasteiger partial charge in [-0.2, -0.15) is 0 Å². The van der Waals surface area contributed by atoms with Gasteiger partial charge in [0.25, 0.3) is 0 Å². The monoisotopic (exact) mass is 193 g/mol. The summed E-state index contributed by atoms with van der Waals surface area (Å²) in [5, 5.41) is 0.